The molecule has 0 spiro atoms. The number of anilines is 1. The molecular weight excluding hydrogens is 370 g/mol. The van der Waals surface area contributed by atoms with Gasteiger partial charge in [0.2, 0.25) is 5.91 Å². The lowest BCUT2D eigenvalue weighted by Crippen LogP contribution is -2.30. The van der Waals surface area contributed by atoms with Gasteiger partial charge in [0, 0.05) is 17.1 Å². The minimum Gasteiger partial charge on any atom is -0.351 e. The van der Waals surface area contributed by atoms with E-state index in [2.05, 4.69) is 16.0 Å². The Labute approximate surface area is 168 Å². The molecule has 2 aromatic carbocycles. The standard InChI is InChI=1S/C22H23N3O2S/c26-21(24-16-20-7-4-14-28-20)15-18-8-10-19(11-9-18)25-22(27)23-13-12-17-5-2-1-3-6-17/h1-11,14H,12-13,15-16H2,(H,24,26)(H2,23,25,27). The van der Waals surface area contributed by atoms with Crippen molar-refractivity contribution in [3.63, 3.8) is 0 Å². The van der Waals surface area contributed by atoms with Crippen molar-refractivity contribution in [1.29, 1.82) is 0 Å². The lowest BCUT2D eigenvalue weighted by molar-refractivity contribution is -0.120. The van der Waals surface area contributed by atoms with Crippen LogP contribution in [0.4, 0.5) is 10.5 Å². The van der Waals surface area contributed by atoms with Crippen LogP contribution in [-0.4, -0.2) is 18.5 Å². The van der Waals surface area contributed by atoms with Gasteiger partial charge in [-0.15, -0.1) is 11.3 Å². The molecule has 0 unspecified atom stereocenters. The van der Waals surface area contributed by atoms with Crippen molar-refractivity contribution in [2.45, 2.75) is 19.4 Å². The van der Waals surface area contributed by atoms with Gasteiger partial charge in [-0.05, 0) is 41.1 Å². The number of benzene rings is 2. The molecule has 3 rings (SSSR count). The van der Waals surface area contributed by atoms with Crippen molar-refractivity contribution in [1.82, 2.24) is 10.6 Å². The molecule has 3 N–H and O–H groups in total. The molecule has 3 amide bonds. The van der Waals surface area contributed by atoms with E-state index < -0.39 is 0 Å². The van der Waals surface area contributed by atoms with E-state index in [0.29, 0.717) is 25.2 Å². The molecule has 28 heavy (non-hydrogen) atoms. The zero-order valence-electron chi connectivity index (χ0n) is 15.5. The Bertz CT molecular complexity index is 878. The van der Waals surface area contributed by atoms with Gasteiger partial charge in [0.25, 0.3) is 0 Å². The summed E-state index contributed by atoms with van der Waals surface area (Å²) in [6, 6.07) is 21.1. The van der Waals surface area contributed by atoms with Gasteiger partial charge in [-0.2, -0.15) is 0 Å². The summed E-state index contributed by atoms with van der Waals surface area (Å²) in [6.07, 6.45) is 1.10. The Kier molecular flexibility index (Phi) is 7.21. The van der Waals surface area contributed by atoms with Crippen LogP contribution in [0.1, 0.15) is 16.0 Å². The number of rotatable bonds is 8. The van der Waals surface area contributed by atoms with Gasteiger partial charge in [-0.3, -0.25) is 4.79 Å². The summed E-state index contributed by atoms with van der Waals surface area (Å²) in [5, 5.41) is 10.5. The zero-order chi connectivity index (χ0) is 19.6. The predicted octanol–water partition coefficient (Wildman–Crippen LogP) is 3.97. The molecule has 0 fully saturated rings. The highest BCUT2D eigenvalue weighted by Crippen LogP contribution is 2.11. The fraction of sp³-hybridized carbons (Fsp3) is 0.182. The summed E-state index contributed by atoms with van der Waals surface area (Å²) in [5.41, 5.74) is 2.78. The van der Waals surface area contributed by atoms with Crippen LogP contribution >= 0.6 is 11.3 Å². The van der Waals surface area contributed by atoms with Crippen molar-refractivity contribution in [3.05, 3.63) is 88.1 Å². The average molecular weight is 394 g/mol. The molecule has 0 aliphatic carbocycles. The number of urea groups is 1. The topological polar surface area (TPSA) is 70.2 Å². The van der Waals surface area contributed by atoms with Crippen molar-refractivity contribution < 1.29 is 9.59 Å². The van der Waals surface area contributed by atoms with E-state index in [0.717, 1.165) is 16.9 Å². The Morgan fingerprint density at radius 3 is 2.32 bits per heavy atom. The molecule has 0 saturated heterocycles. The summed E-state index contributed by atoms with van der Waals surface area (Å²) in [7, 11) is 0. The van der Waals surface area contributed by atoms with Crippen molar-refractivity contribution in [2.24, 2.45) is 0 Å². The van der Waals surface area contributed by atoms with Crippen LogP contribution in [-0.2, 0) is 24.2 Å². The van der Waals surface area contributed by atoms with Crippen LogP contribution in [0, 0.1) is 0 Å². The summed E-state index contributed by atoms with van der Waals surface area (Å²) in [6.45, 7) is 1.12. The van der Waals surface area contributed by atoms with Crippen LogP contribution in [0.2, 0.25) is 0 Å². The van der Waals surface area contributed by atoms with Crippen molar-refractivity contribution in [3.8, 4) is 0 Å². The molecule has 0 aliphatic heterocycles. The van der Waals surface area contributed by atoms with Crippen molar-refractivity contribution in [2.75, 3.05) is 11.9 Å². The first-order valence-electron chi connectivity index (χ1n) is 9.16. The van der Waals surface area contributed by atoms with Gasteiger partial charge in [-0.25, -0.2) is 4.79 Å². The summed E-state index contributed by atoms with van der Waals surface area (Å²) < 4.78 is 0. The quantitative estimate of drug-likeness (QED) is 0.542. The number of hydrogen-bond acceptors (Lipinski definition) is 3. The first-order valence-corrected chi connectivity index (χ1v) is 10.0. The second kappa shape index (κ2) is 10.3. The molecule has 5 nitrogen and oxygen atoms in total. The first kappa shape index (κ1) is 19.6. The van der Waals surface area contributed by atoms with E-state index in [1.165, 1.54) is 5.56 Å². The molecule has 1 aromatic heterocycles. The van der Waals surface area contributed by atoms with E-state index >= 15 is 0 Å². The van der Waals surface area contributed by atoms with E-state index in [1.807, 2.05) is 60.0 Å². The molecule has 0 atom stereocenters. The summed E-state index contributed by atoms with van der Waals surface area (Å²) in [5.74, 6) is -0.0206. The number of hydrogen-bond donors (Lipinski definition) is 3. The Balaban J connectivity index is 1.38. The SMILES string of the molecule is O=C(Cc1ccc(NC(=O)NCCc2ccccc2)cc1)NCc1cccs1. The van der Waals surface area contributed by atoms with Crippen LogP contribution < -0.4 is 16.0 Å². The van der Waals surface area contributed by atoms with Crippen LogP contribution in [0.15, 0.2) is 72.1 Å². The molecule has 1 heterocycles. The molecule has 0 bridgehead atoms. The maximum Gasteiger partial charge on any atom is 0.319 e. The van der Waals surface area contributed by atoms with E-state index in [9.17, 15) is 9.59 Å². The first-order chi connectivity index (χ1) is 13.7. The molecule has 0 aliphatic rings. The number of amides is 3. The third-order valence-corrected chi connectivity index (χ3v) is 5.03. The third kappa shape index (κ3) is 6.55. The maximum absolute atomic E-state index is 12.0. The highest BCUT2D eigenvalue weighted by molar-refractivity contribution is 7.09. The van der Waals surface area contributed by atoms with E-state index in [1.54, 1.807) is 23.5 Å². The lowest BCUT2D eigenvalue weighted by Gasteiger charge is -2.09. The average Bonchev–Trinajstić information content (AvgIpc) is 3.22. The molecule has 144 valence electrons. The van der Waals surface area contributed by atoms with Gasteiger partial charge in [0.15, 0.2) is 0 Å². The molecule has 6 heteroatoms. The van der Waals surface area contributed by atoms with Gasteiger partial charge in [0.1, 0.15) is 0 Å². The Hall–Kier alpha value is -3.12. The van der Waals surface area contributed by atoms with Gasteiger partial charge in [0.05, 0.1) is 13.0 Å². The second-order valence-corrected chi connectivity index (χ2v) is 7.38. The lowest BCUT2D eigenvalue weighted by atomic mass is 10.1. The fourth-order valence-corrected chi connectivity index (χ4v) is 3.34. The number of nitrogens with one attached hydrogen (secondary N) is 3. The number of thiophene rings is 1. The Morgan fingerprint density at radius 1 is 0.821 bits per heavy atom. The zero-order valence-corrected chi connectivity index (χ0v) is 16.3. The highest BCUT2D eigenvalue weighted by atomic mass is 32.1. The molecule has 3 aromatic rings. The van der Waals surface area contributed by atoms with Gasteiger partial charge < -0.3 is 16.0 Å². The van der Waals surface area contributed by atoms with Gasteiger partial charge >= 0.3 is 6.03 Å². The van der Waals surface area contributed by atoms with E-state index in [4.69, 9.17) is 0 Å². The van der Waals surface area contributed by atoms with Crippen molar-refractivity contribution >= 4 is 29.0 Å². The third-order valence-electron chi connectivity index (χ3n) is 4.16. The van der Waals surface area contributed by atoms with Gasteiger partial charge in [-0.1, -0.05) is 48.5 Å². The monoisotopic (exact) mass is 393 g/mol. The van der Waals surface area contributed by atoms with Crippen LogP contribution in [0.5, 0.6) is 0 Å². The number of carbonyl (C=O) groups is 2. The summed E-state index contributed by atoms with van der Waals surface area (Å²) >= 11 is 1.62. The Morgan fingerprint density at radius 2 is 1.61 bits per heavy atom. The normalized spacial score (nSPS) is 10.3. The predicted molar refractivity (Wildman–Crippen MR) is 113 cm³/mol. The minimum absolute atomic E-state index is 0.0206. The maximum atomic E-state index is 12.0. The minimum atomic E-state index is -0.239. The molecule has 0 radical (unpaired) electrons. The largest absolute Gasteiger partial charge is 0.351 e. The number of carbonyl (C=O) groups excluding carboxylic acids is 2. The molecule has 0 saturated carbocycles. The van der Waals surface area contributed by atoms with E-state index in [-0.39, 0.29) is 11.9 Å². The fourth-order valence-electron chi connectivity index (χ4n) is 2.69. The molecular formula is C22H23N3O2S. The second-order valence-electron chi connectivity index (χ2n) is 6.35. The summed E-state index contributed by atoms with van der Waals surface area (Å²) in [4.78, 5) is 25.1. The van der Waals surface area contributed by atoms with Crippen LogP contribution in [0.3, 0.4) is 0 Å². The highest BCUT2D eigenvalue weighted by Gasteiger charge is 2.05. The van der Waals surface area contributed by atoms with Crippen LogP contribution in [0.25, 0.3) is 0 Å². The smallest absolute Gasteiger partial charge is 0.319 e.